The van der Waals surface area contributed by atoms with E-state index in [-0.39, 0.29) is 0 Å². The maximum Gasteiger partial charge on any atom is 0.0550 e. The van der Waals surface area contributed by atoms with Gasteiger partial charge in [0.1, 0.15) is 0 Å². The molecular weight excluding hydrogens is 543 g/mol. The first-order chi connectivity index (χ1) is 21.1. The standard InChI is InChI=1S/C13H11NS.C13H25N.C13H13N/c1-14-10-6-2-4-8-12(10)15-13-9-5-3-7-11(13)14;2*1-14(12-8-4-2-5-9-12)13-10-6-3-7-11-13/h2-9H,1H3;12-13H,2-11H2,1H3;2-11H,1H3. The third-order valence-electron chi connectivity index (χ3n) is 9.26. The van der Waals surface area contributed by atoms with Gasteiger partial charge in [0, 0.05) is 47.3 Å². The summed E-state index contributed by atoms with van der Waals surface area (Å²) in [7, 11) is 6.58. The summed E-state index contributed by atoms with van der Waals surface area (Å²) in [5.41, 5.74) is 5.00. The van der Waals surface area contributed by atoms with Crippen molar-refractivity contribution in [3.8, 4) is 0 Å². The van der Waals surface area contributed by atoms with Crippen LogP contribution in [0.2, 0.25) is 0 Å². The molecule has 4 aromatic carbocycles. The average molecular weight is 592 g/mol. The molecule has 226 valence electrons. The highest BCUT2D eigenvalue weighted by molar-refractivity contribution is 7.99. The van der Waals surface area contributed by atoms with Crippen molar-refractivity contribution >= 4 is 34.5 Å². The molecular formula is C39H49N3S. The lowest BCUT2D eigenvalue weighted by Crippen LogP contribution is -2.42. The molecule has 3 nitrogen and oxygen atoms in total. The van der Waals surface area contributed by atoms with Gasteiger partial charge in [-0.25, -0.2) is 0 Å². The highest BCUT2D eigenvalue weighted by Crippen LogP contribution is 2.46. The molecule has 0 unspecified atom stereocenters. The summed E-state index contributed by atoms with van der Waals surface area (Å²) in [4.78, 5) is 9.80. The summed E-state index contributed by atoms with van der Waals surface area (Å²) in [6, 6.07) is 39.6. The maximum absolute atomic E-state index is 2.72. The van der Waals surface area contributed by atoms with E-state index < -0.39 is 0 Å². The van der Waals surface area contributed by atoms with Crippen LogP contribution < -0.4 is 9.80 Å². The van der Waals surface area contributed by atoms with Gasteiger partial charge in [-0.15, -0.1) is 0 Å². The Morgan fingerprint density at radius 2 is 0.884 bits per heavy atom. The molecule has 3 aliphatic rings. The molecule has 0 atom stereocenters. The lowest BCUT2D eigenvalue weighted by molar-refractivity contribution is 0.111. The third-order valence-corrected chi connectivity index (χ3v) is 10.4. The number of benzene rings is 4. The normalized spacial score (nSPS) is 16.6. The van der Waals surface area contributed by atoms with Crippen LogP contribution >= 0.6 is 11.8 Å². The lowest BCUT2D eigenvalue weighted by Gasteiger charge is -2.39. The number of para-hydroxylation sites is 4. The second-order valence-corrected chi connectivity index (χ2v) is 13.2. The first kappa shape index (κ1) is 31.2. The van der Waals surface area contributed by atoms with Gasteiger partial charge in [-0.05, 0) is 81.3 Å². The summed E-state index contributed by atoms with van der Waals surface area (Å²) in [6.07, 6.45) is 14.7. The zero-order valence-corrected chi connectivity index (χ0v) is 27.2. The van der Waals surface area contributed by atoms with Gasteiger partial charge in [-0.3, -0.25) is 0 Å². The summed E-state index contributed by atoms with van der Waals surface area (Å²) in [6.45, 7) is 0. The van der Waals surface area contributed by atoms with Crippen molar-refractivity contribution in [2.45, 2.75) is 86.1 Å². The van der Waals surface area contributed by atoms with Gasteiger partial charge in [0.15, 0.2) is 0 Å². The Morgan fingerprint density at radius 1 is 0.512 bits per heavy atom. The predicted octanol–water partition coefficient (Wildman–Crippen LogP) is 11.0. The van der Waals surface area contributed by atoms with Gasteiger partial charge >= 0.3 is 0 Å². The van der Waals surface area contributed by atoms with Gasteiger partial charge < -0.3 is 14.7 Å². The second-order valence-electron chi connectivity index (χ2n) is 12.1. The monoisotopic (exact) mass is 591 g/mol. The number of nitrogens with zero attached hydrogens (tertiary/aromatic N) is 3. The van der Waals surface area contributed by atoms with Crippen LogP contribution in [0.5, 0.6) is 0 Å². The van der Waals surface area contributed by atoms with E-state index in [1.165, 1.54) is 96.7 Å². The molecule has 4 aromatic rings. The largest absolute Gasteiger partial charge is 0.345 e. The van der Waals surface area contributed by atoms with Crippen LogP contribution in [0, 0.1) is 0 Å². The fourth-order valence-electron chi connectivity index (χ4n) is 6.62. The van der Waals surface area contributed by atoms with Crippen molar-refractivity contribution in [1.82, 2.24) is 4.90 Å². The maximum atomic E-state index is 2.72. The van der Waals surface area contributed by atoms with Gasteiger partial charge in [-0.2, -0.15) is 0 Å². The Kier molecular flexibility index (Phi) is 11.6. The Labute approximate surface area is 264 Å². The smallest absolute Gasteiger partial charge is 0.0550 e. The molecule has 0 radical (unpaired) electrons. The number of fused-ring (bicyclic) bond motifs is 2. The molecule has 0 N–H and O–H groups in total. The molecule has 0 bridgehead atoms. The lowest BCUT2D eigenvalue weighted by atomic mass is 9.89. The molecule has 2 aliphatic carbocycles. The minimum Gasteiger partial charge on any atom is -0.345 e. The van der Waals surface area contributed by atoms with Gasteiger partial charge in [-0.1, -0.05) is 111 Å². The number of anilines is 4. The summed E-state index contributed by atoms with van der Waals surface area (Å²) < 4.78 is 0. The van der Waals surface area contributed by atoms with Crippen LogP contribution in [0.1, 0.15) is 64.2 Å². The van der Waals surface area contributed by atoms with Gasteiger partial charge in [0.05, 0.1) is 11.4 Å². The average Bonchev–Trinajstić information content (AvgIpc) is 3.10. The van der Waals surface area contributed by atoms with Crippen LogP contribution in [0.25, 0.3) is 0 Å². The minimum absolute atomic E-state index is 0.923. The molecule has 2 fully saturated rings. The molecule has 7 rings (SSSR count). The molecule has 2 saturated carbocycles. The van der Waals surface area contributed by atoms with Crippen LogP contribution in [0.15, 0.2) is 119 Å². The van der Waals surface area contributed by atoms with Gasteiger partial charge in [0.25, 0.3) is 0 Å². The second kappa shape index (κ2) is 16.0. The SMILES string of the molecule is CN(C1CCCCC1)C1CCCCC1.CN(c1ccccc1)c1ccccc1.CN1c2ccccc2Sc2ccccc21. The van der Waals surface area contributed by atoms with E-state index in [9.17, 15) is 0 Å². The fourth-order valence-corrected chi connectivity index (χ4v) is 7.77. The Balaban J connectivity index is 0.000000129. The van der Waals surface area contributed by atoms with Crippen LogP contribution in [0.4, 0.5) is 22.7 Å². The van der Waals surface area contributed by atoms with Crippen LogP contribution in [0.3, 0.4) is 0 Å². The van der Waals surface area contributed by atoms with E-state index in [1.54, 1.807) is 0 Å². The van der Waals surface area contributed by atoms with Crippen molar-refractivity contribution in [3.63, 3.8) is 0 Å². The van der Waals surface area contributed by atoms with E-state index >= 15 is 0 Å². The van der Waals surface area contributed by atoms with Crippen molar-refractivity contribution in [2.75, 3.05) is 30.9 Å². The Morgan fingerprint density at radius 3 is 1.30 bits per heavy atom. The molecule has 43 heavy (non-hydrogen) atoms. The highest BCUT2D eigenvalue weighted by Gasteiger charge is 2.25. The van der Waals surface area contributed by atoms with Crippen molar-refractivity contribution < 1.29 is 0 Å². The molecule has 1 aliphatic heterocycles. The Hall–Kier alpha value is -3.21. The Bertz CT molecular complexity index is 1260. The molecule has 0 saturated heterocycles. The summed E-state index contributed by atoms with van der Waals surface area (Å²) >= 11 is 1.84. The van der Waals surface area contributed by atoms with Crippen LogP contribution in [-0.2, 0) is 0 Å². The number of hydrogen-bond acceptors (Lipinski definition) is 4. The summed E-state index contributed by atoms with van der Waals surface area (Å²) in [5.74, 6) is 0. The zero-order valence-electron chi connectivity index (χ0n) is 26.4. The molecule has 1 heterocycles. The van der Waals surface area contributed by atoms with Crippen molar-refractivity contribution in [3.05, 3.63) is 109 Å². The van der Waals surface area contributed by atoms with Crippen molar-refractivity contribution in [2.24, 2.45) is 0 Å². The van der Waals surface area contributed by atoms with E-state index in [0.717, 1.165) is 12.1 Å². The topological polar surface area (TPSA) is 9.72 Å². The molecule has 0 aromatic heterocycles. The third kappa shape index (κ3) is 8.46. The first-order valence-corrected chi connectivity index (χ1v) is 17.1. The van der Waals surface area contributed by atoms with E-state index in [0.29, 0.717) is 0 Å². The molecule has 0 amide bonds. The van der Waals surface area contributed by atoms with E-state index in [1.807, 2.05) is 23.9 Å². The zero-order chi connectivity index (χ0) is 29.9. The number of rotatable bonds is 4. The van der Waals surface area contributed by atoms with Gasteiger partial charge in [0.2, 0.25) is 0 Å². The highest BCUT2D eigenvalue weighted by atomic mass is 32.2. The minimum atomic E-state index is 0.923. The first-order valence-electron chi connectivity index (χ1n) is 16.3. The van der Waals surface area contributed by atoms with Crippen molar-refractivity contribution in [1.29, 1.82) is 0 Å². The molecule has 4 heteroatoms. The van der Waals surface area contributed by atoms with E-state index in [4.69, 9.17) is 0 Å². The quantitative estimate of drug-likeness (QED) is 0.233. The summed E-state index contributed by atoms with van der Waals surface area (Å²) in [5, 5.41) is 0. The van der Waals surface area contributed by atoms with E-state index in [2.05, 4.69) is 133 Å². The van der Waals surface area contributed by atoms with Crippen LogP contribution in [-0.4, -0.2) is 38.1 Å². The number of hydrogen-bond donors (Lipinski definition) is 0. The predicted molar refractivity (Wildman–Crippen MR) is 188 cm³/mol. The molecule has 0 spiro atoms. The fraction of sp³-hybridized carbons (Fsp3) is 0.385.